The molecule has 0 bridgehead atoms. The second-order valence-corrected chi connectivity index (χ2v) is 7.73. The Balaban J connectivity index is 1.35. The lowest BCUT2D eigenvalue weighted by Gasteiger charge is -2.36. The zero-order valence-corrected chi connectivity index (χ0v) is 17.0. The predicted octanol–water partition coefficient (Wildman–Crippen LogP) is 2.41. The second-order valence-electron chi connectivity index (χ2n) is 7.73. The summed E-state index contributed by atoms with van der Waals surface area (Å²) in [6, 6.07) is 10.1. The van der Waals surface area contributed by atoms with Crippen LogP contribution in [-0.2, 0) is 9.53 Å². The first-order valence-corrected chi connectivity index (χ1v) is 10.5. The van der Waals surface area contributed by atoms with Crippen LogP contribution in [0.3, 0.4) is 0 Å². The number of ether oxygens (including phenoxy) is 1. The van der Waals surface area contributed by atoms with E-state index in [-0.39, 0.29) is 17.9 Å². The molecular weight excluding hydrogens is 366 g/mol. The molecule has 1 amide bonds. The van der Waals surface area contributed by atoms with E-state index >= 15 is 0 Å². The van der Waals surface area contributed by atoms with Crippen LogP contribution in [0.5, 0.6) is 0 Å². The Hall–Kier alpha value is -2.67. The molecular formula is C22H29N5O2. The number of nitrogens with zero attached hydrogens (tertiary/aromatic N) is 4. The minimum atomic E-state index is 0.0252. The maximum Gasteiger partial charge on any atom is 0.223 e. The molecule has 0 aliphatic carbocycles. The summed E-state index contributed by atoms with van der Waals surface area (Å²) in [5.41, 5.74) is 2.20. The molecule has 29 heavy (non-hydrogen) atoms. The molecule has 0 spiro atoms. The Kier molecular flexibility index (Phi) is 6.24. The van der Waals surface area contributed by atoms with Gasteiger partial charge in [-0.05, 0) is 25.3 Å². The van der Waals surface area contributed by atoms with E-state index in [9.17, 15) is 4.79 Å². The van der Waals surface area contributed by atoms with Crippen molar-refractivity contribution in [2.24, 2.45) is 5.92 Å². The third-order valence-electron chi connectivity index (χ3n) is 5.85. The molecule has 2 aliphatic rings. The molecule has 1 aromatic carbocycles. The summed E-state index contributed by atoms with van der Waals surface area (Å²) >= 11 is 0. The summed E-state index contributed by atoms with van der Waals surface area (Å²) in [4.78, 5) is 26.1. The van der Waals surface area contributed by atoms with Gasteiger partial charge in [0.1, 0.15) is 6.33 Å². The van der Waals surface area contributed by atoms with Crippen molar-refractivity contribution in [2.45, 2.75) is 25.8 Å². The maximum atomic E-state index is 12.8. The number of anilines is 2. The van der Waals surface area contributed by atoms with Crippen LogP contribution in [0.25, 0.3) is 0 Å². The van der Waals surface area contributed by atoms with Gasteiger partial charge >= 0.3 is 0 Å². The molecule has 3 heterocycles. The Morgan fingerprint density at radius 2 is 1.83 bits per heavy atom. The Labute approximate surface area is 172 Å². The lowest BCUT2D eigenvalue weighted by Crippen LogP contribution is -2.43. The maximum absolute atomic E-state index is 12.8. The molecule has 7 nitrogen and oxygen atoms in total. The summed E-state index contributed by atoms with van der Waals surface area (Å²) in [5, 5.41) is 3.18. The van der Waals surface area contributed by atoms with Crippen LogP contribution in [0.2, 0.25) is 0 Å². The Morgan fingerprint density at radius 1 is 1.10 bits per heavy atom. The second kappa shape index (κ2) is 9.22. The van der Waals surface area contributed by atoms with E-state index in [1.54, 1.807) is 6.33 Å². The summed E-state index contributed by atoms with van der Waals surface area (Å²) in [5.74, 6) is 1.18. The number of amides is 1. The molecule has 2 fully saturated rings. The first-order valence-electron chi connectivity index (χ1n) is 10.5. The average Bonchev–Trinajstić information content (AvgIpc) is 2.80. The summed E-state index contributed by atoms with van der Waals surface area (Å²) < 4.78 is 5.47. The van der Waals surface area contributed by atoms with Crippen molar-refractivity contribution in [1.82, 2.24) is 15.3 Å². The minimum absolute atomic E-state index is 0.0252. The zero-order valence-electron chi connectivity index (χ0n) is 17.0. The van der Waals surface area contributed by atoms with E-state index in [1.165, 1.54) is 0 Å². The van der Waals surface area contributed by atoms with Crippen molar-refractivity contribution in [2.75, 3.05) is 49.2 Å². The molecule has 2 saturated heterocycles. The number of carbonyl (C=O) groups excluding carboxylic acids is 1. The van der Waals surface area contributed by atoms with Crippen LogP contribution < -0.4 is 15.1 Å². The average molecular weight is 396 g/mol. The monoisotopic (exact) mass is 395 g/mol. The van der Waals surface area contributed by atoms with E-state index in [1.807, 2.05) is 31.3 Å². The molecule has 4 rings (SSSR count). The topological polar surface area (TPSA) is 70.6 Å². The molecule has 0 radical (unpaired) electrons. The number of piperidine rings is 1. The van der Waals surface area contributed by atoms with Gasteiger partial charge in [-0.3, -0.25) is 4.79 Å². The van der Waals surface area contributed by atoms with Gasteiger partial charge in [-0.25, -0.2) is 9.97 Å². The van der Waals surface area contributed by atoms with Gasteiger partial charge in [0.25, 0.3) is 0 Å². The van der Waals surface area contributed by atoms with Crippen LogP contribution in [0, 0.1) is 5.92 Å². The molecule has 2 aromatic rings. The van der Waals surface area contributed by atoms with E-state index in [0.29, 0.717) is 0 Å². The fraction of sp³-hybridized carbons (Fsp3) is 0.500. The summed E-state index contributed by atoms with van der Waals surface area (Å²) in [7, 11) is 0. The number of carbonyl (C=O) groups is 1. The summed E-state index contributed by atoms with van der Waals surface area (Å²) in [6.07, 6.45) is 5.19. The van der Waals surface area contributed by atoms with Crippen LogP contribution in [0.15, 0.2) is 42.9 Å². The molecule has 1 atom stereocenters. The van der Waals surface area contributed by atoms with Gasteiger partial charge in [-0.1, -0.05) is 30.3 Å². The molecule has 1 unspecified atom stereocenters. The number of nitrogens with one attached hydrogen (secondary N) is 1. The highest BCUT2D eigenvalue weighted by Gasteiger charge is 2.28. The number of aromatic nitrogens is 2. The highest BCUT2D eigenvalue weighted by atomic mass is 16.5. The molecule has 0 saturated carbocycles. The lowest BCUT2D eigenvalue weighted by atomic mass is 9.95. The third kappa shape index (κ3) is 4.67. The van der Waals surface area contributed by atoms with Crippen molar-refractivity contribution in [3.8, 4) is 0 Å². The van der Waals surface area contributed by atoms with Gasteiger partial charge < -0.3 is 19.9 Å². The molecule has 1 aromatic heterocycles. The molecule has 1 N–H and O–H groups in total. The van der Waals surface area contributed by atoms with Gasteiger partial charge in [0.15, 0.2) is 5.82 Å². The SMILES string of the molecule is CC(NC(=O)C1CCN(c2cncnc2N2CCOCC2)CC1)c1ccccc1. The quantitative estimate of drug-likeness (QED) is 0.838. The smallest absolute Gasteiger partial charge is 0.223 e. The zero-order chi connectivity index (χ0) is 20.1. The van der Waals surface area contributed by atoms with Crippen molar-refractivity contribution in [1.29, 1.82) is 0 Å². The van der Waals surface area contributed by atoms with E-state index in [4.69, 9.17) is 4.74 Å². The van der Waals surface area contributed by atoms with Crippen LogP contribution in [0.4, 0.5) is 11.5 Å². The van der Waals surface area contributed by atoms with Crippen LogP contribution in [0.1, 0.15) is 31.4 Å². The highest BCUT2D eigenvalue weighted by Crippen LogP contribution is 2.30. The Morgan fingerprint density at radius 3 is 2.55 bits per heavy atom. The van der Waals surface area contributed by atoms with Gasteiger partial charge in [0, 0.05) is 32.1 Å². The molecule has 7 heteroatoms. The number of rotatable bonds is 5. The van der Waals surface area contributed by atoms with Gasteiger partial charge in [0.2, 0.25) is 5.91 Å². The standard InChI is InChI=1S/C22H29N5O2/c1-17(18-5-3-2-4-6-18)25-22(28)19-7-9-26(10-8-19)20-15-23-16-24-21(20)27-11-13-29-14-12-27/h2-6,15-17,19H,7-14H2,1H3,(H,25,28). The van der Waals surface area contributed by atoms with Crippen molar-refractivity contribution >= 4 is 17.4 Å². The van der Waals surface area contributed by atoms with Crippen molar-refractivity contribution < 1.29 is 9.53 Å². The van der Waals surface area contributed by atoms with Crippen molar-refractivity contribution in [3.63, 3.8) is 0 Å². The number of hydrogen-bond donors (Lipinski definition) is 1. The Bertz CT molecular complexity index is 802. The third-order valence-corrected chi connectivity index (χ3v) is 5.85. The van der Waals surface area contributed by atoms with Gasteiger partial charge in [-0.15, -0.1) is 0 Å². The first kappa shape index (κ1) is 19.6. The van der Waals surface area contributed by atoms with Crippen LogP contribution >= 0.6 is 0 Å². The largest absolute Gasteiger partial charge is 0.378 e. The first-order chi connectivity index (χ1) is 14.2. The lowest BCUT2D eigenvalue weighted by molar-refractivity contribution is -0.126. The van der Waals surface area contributed by atoms with Crippen molar-refractivity contribution in [3.05, 3.63) is 48.4 Å². The number of hydrogen-bond acceptors (Lipinski definition) is 6. The van der Waals surface area contributed by atoms with E-state index in [2.05, 4.69) is 37.2 Å². The van der Waals surface area contributed by atoms with E-state index in [0.717, 1.165) is 69.3 Å². The fourth-order valence-electron chi connectivity index (χ4n) is 4.10. The molecule has 154 valence electrons. The fourth-order valence-corrected chi connectivity index (χ4v) is 4.10. The van der Waals surface area contributed by atoms with E-state index < -0.39 is 0 Å². The van der Waals surface area contributed by atoms with Gasteiger partial charge in [-0.2, -0.15) is 0 Å². The van der Waals surface area contributed by atoms with Gasteiger partial charge in [0.05, 0.1) is 31.1 Å². The summed E-state index contributed by atoms with van der Waals surface area (Å²) in [6.45, 7) is 6.86. The normalized spacial score (nSPS) is 19.1. The number of morpholine rings is 1. The van der Waals surface area contributed by atoms with Crippen LogP contribution in [-0.4, -0.2) is 55.3 Å². The highest BCUT2D eigenvalue weighted by molar-refractivity contribution is 5.79. The molecule has 2 aliphatic heterocycles. The number of benzene rings is 1. The predicted molar refractivity (Wildman–Crippen MR) is 113 cm³/mol. The minimum Gasteiger partial charge on any atom is -0.378 e.